The Bertz CT molecular complexity index is 1120. The third-order valence-electron chi connectivity index (χ3n) is 4.61. The van der Waals surface area contributed by atoms with Gasteiger partial charge in [0, 0.05) is 17.6 Å². The molecule has 1 amide bonds. The van der Waals surface area contributed by atoms with Crippen molar-refractivity contribution in [3.63, 3.8) is 0 Å². The topological polar surface area (TPSA) is 68.5 Å². The number of amidine groups is 1. The first-order valence-electron chi connectivity index (χ1n) is 9.08. The molecule has 1 aliphatic rings. The molecule has 6 nitrogen and oxygen atoms in total. The minimum Gasteiger partial charge on any atom is -0.497 e. The van der Waals surface area contributed by atoms with E-state index in [-0.39, 0.29) is 5.91 Å². The summed E-state index contributed by atoms with van der Waals surface area (Å²) in [5.41, 5.74) is 4.88. The third kappa shape index (κ3) is 3.95. The van der Waals surface area contributed by atoms with Crippen LogP contribution in [0.15, 0.2) is 64.8 Å². The van der Waals surface area contributed by atoms with Gasteiger partial charge in [-0.05, 0) is 79.7 Å². The fourth-order valence-corrected chi connectivity index (χ4v) is 4.05. The van der Waals surface area contributed by atoms with Gasteiger partial charge in [0.15, 0.2) is 5.17 Å². The Balaban J connectivity index is 1.60. The molecule has 2 aromatic heterocycles. The SMILES string of the molecule is COc1ccc(N=C2NC(=O)/C(=C/c3cc(C)n(-c4cccnc4)c3C)S2)cc1. The smallest absolute Gasteiger partial charge is 0.264 e. The summed E-state index contributed by atoms with van der Waals surface area (Å²) in [5, 5.41) is 3.39. The molecule has 1 aromatic carbocycles. The van der Waals surface area contributed by atoms with Crippen molar-refractivity contribution in [1.82, 2.24) is 14.9 Å². The number of nitrogens with one attached hydrogen (secondary N) is 1. The first kappa shape index (κ1) is 19.0. The quantitative estimate of drug-likeness (QED) is 0.655. The van der Waals surface area contributed by atoms with Gasteiger partial charge in [-0.15, -0.1) is 0 Å². The molecule has 7 heteroatoms. The second-order valence-electron chi connectivity index (χ2n) is 6.55. The number of thioether (sulfide) groups is 1. The van der Waals surface area contributed by atoms with E-state index >= 15 is 0 Å². The van der Waals surface area contributed by atoms with Crippen LogP contribution in [-0.4, -0.2) is 27.7 Å². The molecule has 146 valence electrons. The molecular formula is C22H20N4O2S. The second kappa shape index (κ2) is 7.97. The average Bonchev–Trinajstić information content (AvgIpc) is 3.21. The lowest BCUT2D eigenvalue weighted by molar-refractivity contribution is -0.115. The van der Waals surface area contributed by atoms with Crippen molar-refractivity contribution >= 4 is 34.6 Å². The van der Waals surface area contributed by atoms with Crippen molar-refractivity contribution in [3.05, 3.63) is 76.7 Å². The molecule has 0 bridgehead atoms. The Morgan fingerprint density at radius 2 is 2.00 bits per heavy atom. The van der Waals surface area contributed by atoms with Crippen LogP contribution in [0.5, 0.6) is 5.75 Å². The zero-order valence-corrected chi connectivity index (χ0v) is 17.2. The molecule has 1 fully saturated rings. The Morgan fingerprint density at radius 3 is 2.69 bits per heavy atom. The highest BCUT2D eigenvalue weighted by Gasteiger charge is 2.24. The standard InChI is InChI=1S/C22H20N4O2S/c1-14-11-16(15(2)26(14)18-5-4-10-23-13-18)12-20-21(27)25-22(29-20)24-17-6-8-19(28-3)9-7-17/h4-13H,1-3H3,(H,24,25,27)/b20-12-. The van der Waals surface area contributed by atoms with E-state index in [2.05, 4.69) is 25.9 Å². The number of ether oxygens (including phenoxy) is 1. The van der Waals surface area contributed by atoms with E-state index in [1.54, 1.807) is 13.3 Å². The number of amides is 1. The highest BCUT2D eigenvalue weighted by molar-refractivity contribution is 8.18. The molecular weight excluding hydrogens is 384 g/mol. The van der Waals surface area contributed by atoms with Gasteiger partial charge >= 0.3 is 0 Å². The predicted molar refractivity (Wildman–Crippen MR) is 117 cm³/mol. The fraction of sp³-hybridized carbons (Fsp3) is 0.136. The number of rotatable bonds is 4. The number of nitrogens with zero attached hydrogens (tertiary/aromatic N) is 3. The van der Waals surface area contributed by atoms with Crippen molar-refractivity contribution < 1.29 is 9.53 Å². The second-order valence-corrected chi connectivity index (χ2v) is 7.58. The molecule has 0 aliphatic carbocycles. The molecule has 0 radical (unpaired) electrons. The number of aromatic nitrogens is 2. The Hall–Kier alpha value is -3.32. The highest BCUT2D eigenvalue weighted by atomic mass is 32.2. The number of aliphatic imine (C=N–C) groups is 1. The van der Waals surface area contributed by atoms with Crippen LogP contribution in [0.25, 0.3) is 11.8 Å². The van der Waals surface area contributed by atoms with Crippen LogP contribution in [-0.2, 0) is 4.79 Å². The summed E-state index contributed by atoms with van der Waals surface area (Å²) in [6, 6.07) is 13.4. The molecule has 4 rings (SSSR count). The van der Waals surface area contributed by atoms with Gasteiger partial charge in [-0.1, -0.05) is 0 Å². The number of aryl methyl sites for hydroxylation is 1. The van der Waals surface area contributed by atoms with Gasteiger partial charge < -0.3 is 14.6 Å². The Morgan fingerprint density at radius 1 is 1.21 bits per heavy atom. The van der Waals surface area contributed by atoms with E-state index in [4.69, 9.17) is 4.74 Å². The van der Waals surface area contributed by atoms with Gasteiger partial charge in [-0.3, -0.25) is 9.78 Å². The van der Waals surface area contributed by atoms with Crippen LogP contribution in [0.2, 0.25) is 0 Å². The maximum atomic E-state index is 12.4. The van der Waals surface area contributed by atoms with Crippen molar-refractivity contribution in [2.24, 2.45) is 4.99 Å². The summed E-state index contributed by atoms with van der Waals surface area (Å²) in [6.07, 6.45) is 5.49. The van der Waals surface area contributed by atoms with Crippen LogP contribution < -0.4 is 10.1 Å². The van der Waals surface area contributed by atoms with Gasteiger partial charge in [-0.2, -0.15) is 0 Å². The van der Waals surface area contributed by atoms with Gasteiger partial charge in [0.1, 0.15) is 5.75 Å². The van der Waals surface area contributed by atoms with Crippen LogP contribution in [0.1, 0.15) is 17.0 Å². The number of methoxy groups -OCH3 is 1. The lowest BCUT2D eigenvalue weighted by Gasteiger charge is -2.08. The normalized spacial score (nSPS) is 16.4. The maximum Gasteiger partial charge on any atom is 0.264 e. The van der Waals surface area contributed by atoms with E-state index in [1.165, 1.54) is 11.8 Å². The molecule has 0 unspecified atom stereocenters. The van der Waals surface area contributed by atoms with E-state index in [1.807, 2.05) is 62.5 Å². The van der Waals surface area contributed by atoms with Crippen LogP contribution in [0, 0.1) is 13.8 Å². The third-order valence-corrected chi connectivity index (χ3v) is 5.52. The minimum atomic E-state index is -0.145. The van der Waals surface area contributed by atoms with Crippen molar-refractivity contribution in [3.8, 4) is 11.4 Å². The first-order valence-corrected chi connectivity index (χ1v) is 9.90. The molecule has 0 saturated carbocycles. The molecule has 29 heavy (non-hydrogen) atoms. The maximum absolute atomic E-state index is 12.4. The summed E-state index contributed by atoms with van der Waals surface area (Å²) in [6.45, 7) is 4.08. The first-order chi connectivity index (χ1) is 14.0. The zero-order valence-electron chi connectivity index (χ0n) is 16.3. The summed E-state index contributed by atoms with van der Waals surface area (Å²) >= 11 is 1.34. The molecule has 0 spiro atoms. The lowest BCUT2D eigenvalue weighted by atomic mass is 10.2. The van der Waals surface area contributed by atoms with E-state index < -0.39 is 0 Å². The van der Waals surface area contributed by atoms with Crippen LogP contribution >= 0.6 is 11.8 Å². The molecule has 0 atom stereocenters. The van der Waals surface area contributed by atoms with Gasteiger partial charge in [-0.25, -0.2) is 4.99 Å². The van der Waals surface area contributed by atoms with E-state index in [0.29, 0.717) is 10.1 Å². The number of pyridine rings is 1. The van der Waals surface area contributed by atoms with E-state index in [0.717, 1.165) is 34.1 Å². The molecule has 1 N–H and O–H groups in total. The van der Waals surface area contributed by atoms with Crippen molar-refractivity contribution in [2.45, 2.75) is 13.8 Å². The monoisotopic (exact) mass is 404 g/mol. The number of carbonyl (C=O) groups is 1. The van der Waals surface area contributed by atoms with Gasteiger partial charge in [0.05, 0.1) is 29.6 Å². The van der Waals surface area contributed by atoms with Crippen LogP contribution in [0.3, 0.4) is 0 Å². The van der Waals surface area contributed by atoms with Gasteiger partial charge in [0.2, 0.25) is 0 Å². The molecule has 1 aliphatic heterocycles. The van der Waals surface area contributed by atoms with Gasteiger partial charge in [0.25, 0.3) is 5.91 Å². The molecule has 1 saturated heterocycles. The predicted octanol–water partition coefficient (Wildman–Crippen LogP) is 4.39. The van der Waals surface area contributed by atoms with E-state index in [9.17, 15) is 4.79 Å². The minimum absolute atomic E-state index is 0.145. The van der Waals surface area contributed by atoms with Crippen molar-refractivity contribution in [2.75, 3.05) is 7.11 Å². The number of hydrogen-bond donors (Lipinski definition) is 1. The fourth-order valence-electron chi connectivity index (χ4n) is 3.21. The Labute approximate surface area is 173 Å². The summed E-state index contributed by atoms with van der Waals surface area (Å²) < 4.78 is 7.28. The molecule has 3 heterocycles. The average molecular weight is 404 g/mol. The number of hydrogen-bond acceptors (Lipinski definition) is 5. The summed E-state index contributed by atoms with van der Waals surface area (Å²) in [5.74, 6) is 0.620. The number of benzene rings is 1. The largest absolute Gasteiger partial charge is 0.497 e. The number of carbonyl (C=O) groups excluding carboxylic acids is 1. The molecule has 3 aromatic rings. The van der Waals surface area contributed by atoms with Crippen molar-refractivity contribution in [1.29, 1.82) is 0 Å². The Kier molecular flexibility index (Phi) is 5.22. The zero-order chi connectivity index (χ0) is 20.4. The summed E-state index contributed by atoms with van der Waals surface area (Å²) in [7, 11) is 1.62. The highest BCUT2D eigenvalue weighted by Crippen LogP contribution is 2.30. The lowest BCUT2D eigenvalue weighted by Crippen LogP contribution is -2.19. The summed E-state index contributed by atoms with van der Waals surface area (Å²) in [4.78, 5) is 21.8. The van der Waals surface area contributed by atoms with Crippen LogP contribution in [0.4, 0.5) is 5.69 Å².